The second-order valence-corrected chi connectivity index (χ2v) is 11.6. The van der Waals surface area contributed by atoms with E-state index >= 15 is 0 Å². The second kappa shape index (κ2) is 12.0. The molecule has 0 spiro atoms. The number of benzene rings is 3. The predicted molar refractivity (Wildman–Crippen MR) is 149 cm³/mol. The molecule has 5 rings (SSSR count). The highest BCUT2D eigenvalue weighted by atomic mass is 19.4. The molecule has 230 valence electrons. The SMILES string of the molecule is NC(=O)c1cccc(CC2(c3ccc(C(F)(F)F)cc3)CCOCC2)c1CC1(c2ccc(C(F)(F)F)cc2)CCOCC1. The molecule has 0 unspecified atom stereocenters. The van der Waals surface area contributed by atoms with Gasteiger partial charge in [0.15, 0.2) is 0 Å². The Morgan fingerprint density at radius 1 is 0.651 bits per heavy atom. The zero-order valence-electron chi connectivity index (χ0n) is 23.5. The zero-order chi connectivity index (χ0) is 30.9. The first-order valence-corrected chi connectivity index (χ1v) is 14.2. The summed E-state index contributed by atoms with van der Waals surface area (Å²) in [5.41, 5.74) is 6.55. The van der Waals surface area contributed by atoms with E-state index in [1.807, 2.05) is 6.07 Å². The molecule has 0 saturated carbocycles. The van der Waals surface area contributed by atoms with Crippen LogP contribution in [-0.4, -0.2) is 32.3 Å². The van der Waals surface area contributed by atoms with Crippen LogP contribution < -0.4 is 5.73 Å². The standard InChI is InChI=1S/C33H33F6NO3/c34-32(35,36)25-8-4-23(5-9-25)30(12-16-42-17-13-30)20-22-2-1-3-27(29(40)41)28(22)21-31(14-18-43-19-15-31)24-6-10-26(11-7-24)33(37,38)39/h1-11H,12-21H2,(H2,40,41). The van der Waals surface area contributed by atoms with Crippen LogP contribution in [0.1, 0.15) is 69.4 Å². The fraction of sp³-hybridized carbons (Fsp3) is 0.424. The van der Waals surface area contributed by atoms with Crippen LogP contribution in [0.3, 0.4) is 0 Å². The van der Waals surface area contributed by atoms with Gasteiger partial charge in [-0.3, -0.25) is 4.79 Å². The number of hydrogen-bond donors (Lipinski definition) is 1. The third-order valence-electron chi connectivity index (χ3n) is 9.13. The molecular weight excluding hydrogens is 572 g/mol. The van der Waals surface area contributed by atoms with Gasteiger partial charge in [-0.25, -0.2) is 0 Å². The maximum atomic E-state index is 13.3. The number of nitrogens with two attached hydrogens (primary N) is 1. The molecule has 3 aromatic carbocycles. The van der Waals surface area contributed by atoms with E-state index in [0.29, 0.717) is 76.1 Å². The smallest absolute Gasteiger partial charge is 0.381 e. The summed E-state index contributed by atoms with van der Waals surface area (Å²) in [6.45, 7) is 1.67. The van der Waals surface area contributed by atoms with Crippen LogP contribution in [0, 0.1) is 0 Å². The molecular formula is C33H33F6NO3. The number of amides is 1. The van der Waals surface area contributed by atoms with E-state index in [-0.39, 0.29) is 0 Å². The maximum Gasteiger partial charge on any atom is 0.416 e. The Morgan fingerprint density at radius 3 is 1.47 bits per heavy atom. The normalized spacial score (nSPS) is 18.7. The lowest BCUT2D eigenvalue weighted by Gasteiger charge is -2.41. The number of carbonyl (C=O) groups excluding carboxylic acids is 1. The van der Waals surface area contributed by atoms with Crippen LogP contribution in [0.25, 0.3) is 0 Å². The molecule has 2 saturated heterocycles. The number of carbonyl (C=O) groups is 1. The highest BCUT2D eigenvalue weighted by molar-refractivity contribution is 5.94. The minimum absolute atomic E-state index is 0.324. The summed E-state index contributed by atoms with van der Waals surface area (Å²) >= 11 is 0. The Kier molecular flexibility index (Phi) is 8.64. The van der Waals surface area contributed by atoms with E-state index in [2.05, 4.69) is 0 Å². The van der Waals surface area contributed by atoms with Crippen molar-refractivity contribution in [2.24, 2.45) is 5.73 Å². The van der Waals surface area contributed by atoms with Crippen molar-refractivity contribution in [3.63, 3.8) is 0 Å². The van der Waals surface area contributed by atoms with Gasteiger partial charge in [0, 0.05) is 42.8 Å². The van der Waals surface area contributed by atoms with Gasteiger partial charge in [0.2, 0.25) is 5.91 Å². The lowest BCUT2D eigenvalue weighted by atomic mass is 9.66. The largest absolute Gasteiger partial charge is 0.416 e. The van der Waals surface area contributed by atoms with Crippen LogP contribution in [0.5, 0.6) is 0 Å². The number of hydrogen-bond acceptors (Lipinski definition) is 3. The minimum atomic E-state index is -4.47. The lowest BCUT2D eigenvalue weighted by Crippen LogP contribution is -2.39. The molecule has 3 aromatic rings. The van der Waals surface area contributed by atoms with Gasteiger partial charge in [-0.15, -0.1) is 0 Å². The first-order valence-electron chi connectivity index (χ1n) is 14.2. The topological polar surface area (TPSA) is 61.6 Å². The van der Waals surface area contributed by atoms with Gasteiger partial charge in [0.05, 0.1) is 11.1 Å². The third kappa shape index (κ3) is 6.60. The molecule has 2 aliphatic heterocycles. The Morgan fingerprint density at radius 2 is 1.07 bits per heavy atom. The van der Waals surface area contributed by atoms with Crippen LogP contribution in [-0.2, 0) is 45.5 Å². The van der Waals surface area contributed by atoms with Gasteiger partial charge < -0.3 is 15.2 Å². The Bertz CT molecular complexity index is 1420. The van der Waals surface area contributed by atoms with E-state index in [1.165, 1.54) is 24.3 Å². The summed E-state index contributed by atoms with van der Waals surface area (Å²) in [4.78, 5) is 12.7. The Balaban J connectivity index is 1.57. The molecule has 0 atom stereocenters. The van der Waals surface area contributed by atoms with E-state index < -0.39 is 40.2 Å². The average molecular weight is 606 g/mol. The summed E-state index contributed by atoms with van der Waals surface area (Å²) < 4.78 is 91.3. The molecule has 2 heterocycles. The highest BCUT2D eigenvalue weighted by Crippen LogP contribution is 2.44. The van der Waals surface area contributed by atoms with Crippen LogP contribution in [0.2, 0.25) is 0 Å². The Hall–Kier alpha value is -3.37. The molecule has 1 amide bonds. The Labute approximate surface area is 246 Å². The molecule has 10 heteroatoms. The summed E-state index contributed by atoms with van der Waals surface area (Å²) in [7, 11) is 0. The highest BCUT2D eigenvalue weighted by Gasteiger charge is 2.40. The van der Waals surface area contributed by atoms with E-state index in [9.17, 15) is 31.1 Å². The fourth-order valence-electron chi connectivity index (χ4n) is 6.63. The predicted octanol–water partition coefficient (Wildman–Crippen LogP) is 7.40. The van der Waals surface area contributed by atoms with E-state index in [1.54, 1.807) is 12.1 Å². The van der Waals surface area contributed by atoms with Crippen molar-refractivity contribution in [2.75, 3.05) is 26.4 Å². The summed E-state index contributed by atoms with van der Waals surface area (Å²) in [6, 6.07) is 15.7. The van der Waals surface area contributed by atoms with Crippen molar-refractivity contribution in [2.45, 2.75) is 61.7 Å². The number of rotatable bonds is 7. The molecule has 0 aliphatic carbocycles. The van der Waals surface area contributed by atoms with Crippen molar-refractivity contribution in [3.05, 3.63) is 106 Å². The maximum absolute atomic E-state index is 13.3. The molecule has 2 fully saturated rings. The second-order valence-electron chi connectivity index (χ2n) is 11.6. The quantitative estimate of drug-likeness (QED) is 0.286. The molecule has 4 nitrogen and oxygen atoms in total. The van der Waals surface area contributed by atoms with Crippen molar-refractivity contribution >= 4 is 5.91 Å². The van der Waals surface area contributed by atoms with Crippen LogP contribution >= 0.6 is 0 Å². The fourth-order valence-corrected chi connectivity index (χ4v) is 6.63. The molecule has 0 bridgehead atoms. The van der Waals surface area contributed by atoms with Gasteiger partial charge in [-0.2, -0.15) is 26.3 Å². The van der Waals surface area contributed by atoms with Crippen molar-refractivity contribution in [3.8, 4) is 0 Å². The summed E-state index contributed by atoms with van der Waals surface area (Å²) in [5, 5.41) is 0. The van der Waals surface area contributed by atoms with Crippen molar-refractivity contribution in [1.29, 1.82) is 0 Å². The monoisotopic (exact) mass is 605 g/mol. The van der Waals surface area contributed by atoms with Crippen molar-refractivity contribution in [1.82, 2.24) is 0 Å². The summed E-state index contributed by atoms with van der Waals surface area (Å²) in [5.74, 6) is -0.623. The van der Waals surface area contributed by atoms with Crippen LogP contribution in [0.4, 0.5) is 26.3 Å². The van der Waals surface area contributed by atoms with Gasteiger partial charge >= 0.3 is 12.4 Å². The zero-order valence-corrected chi connectivity index (χ0v) is 23.5. The third-order valence-corrected chi connectivity index (χ3v) is 9.13. The molecule has 0 radical (unpaired) electrons. The molecule has 2 N–H and O–H groups in total. The number of ether oxygens (including phenoxy) is 2. The molecule has 0 aromatic heterocycles. The van der Waals surface area contributed by atoms with E-state index in [0.717, 1.165) is 41.0 Å². The molecule has 43 heavy (non-hydrogen) atoms. The van der Waals surface area contributed by atoms with Crippen LogP contribution in [0.15, 0.2) is 66.7 Å². The summed E-state index contributed by atoms with van der Waals surface area (Å²) in [6.07, 6.45) is -5.96. The van der Waals surface area contributed by atoms with Crippen molar-refractivity contribution < 1.29 is 40.6 Å². The molecule has 2 aliphatic rings. The minimum Gasteiger partial charge on any atom is -0.381 e. The lowest BCUT2D eigenvalue weighted by molar-refractivity contribution is -0.138. The van der Waals surface area contributed by atoms with Gasteiger partial charge in [-0.1, -0.05) is 36.4 Å². The van der Waals surface area contributed by atoms with E-state index in [4.69, 9.17) is 15.2 Å². The average Bonchev–Trinajstić information content (AvgIpc) is 2.98. The van der Waals surface area contributed by atoms with Gasteiger partial charge in [0.25, 0.3) is 0 Å². The van der Waals surface area contributed by atoms with Gasteiger partial charge in [0.1, 0.15) is 0 Å². The number of alkyl halides is 6. The van der Waals surface area contributed by atoms with Gasteiger partial charge in [-0.05, 0) is 91.1 Å². The number of halogens is 6. The first kappa shape index (κ1) is 31.1. The first-order chi connectivity index (χ1) is 20.3. The number of primary amides is 1.